The zero-order valence-corrected chi connectivity index (χ0v) is 15.4. The van der Waals surface area contributed by atoms with E-state index in [4.69, 9.17) is 23.2 Å². The van der Waals surface area contributed by atoms with Gasteiger partial charge in [0, 0.05) is 19.7 Å². The molecule has 1 aromatic carbocycles. The van der Waals surface area contributed by atoms with E-state index in [9.17, 15) is 14.4 Å². The zero-order chi connectivity index (χ0) is 19.0. The molecule has 1 amide bonds. The lowest BCUT2D eigenvalue weighted by atomic mass is 10.2. The third-order valence-electron chi connectivity index (χ3n) is 2.92. The summed E-state index contributed by atoms with van der Waals surface area (Å²) < 4.78 is 5.55. The first-order valence-corrected chi connectivity index (χ1v) is 7.91. The number of ether oxygens (including phenoxy) is 1. The molecular weight excluding hydrogens is 369 g/mol. The van der Waals surface area contributed by atoms with Crippen LogP contribution >= 0.6 is 23.2 Å². The number of nitrogens with zero attached hydrogens (tertiary/aromatic N) is 2. The molecule has 2 aromatic rings. The molecule has 0 aliphatic rings. The molecule has 0 aliphatic heterocycles. The quantitative estimate of drug-likeness (QED) is 0.820. The Labute approximate surface area is 154 Å². The standard InChI is InChI=1S/C12H9Cl2N3O2.C4H8O2/c1-17-6-5-9(16-12(17)19)15-11(18)10-7(13)3-2-4-8(10)14;1-3-4(5)6-2/h2-6H,1H3,(H,15,16,18,19);3H2,1-2H3. The fourth-order valence-corrected chi connectivity index (χ4v) is 2.14. The summed E-state index contributed by atoms with van der Waals surface area (Å²) in [5.74, 6) is -0.532. The maximum absolute atomic E-state index is 12.0. The van der Waals surface area contributed by atoms with Crippen molar-refractivity contribution >= 4 is 40.9 Å². The topological polar surface area (TPSA) is 90.3 Å². The molecule has 25 heavy (non-hydrogen) atoms. The molecule has 0 spiro atoms. The van der Waals surface area contributed by atoms with Gasteiger partial charge in [-0.3, -0.25) is 9.59 Å². The zero-order valence-electron chi connectivity index (χ0n) is 13.9. The van der Waals surface area contributed by atoms with E-state index in [1.165, 1.54) is 23.9 Å². The van der Waals surface area contributed by atoms with Gasteiger partial charge in [-0.05, 0) is 18.2 Å². The van der Waals surface area contributed by atoms with Gasteiger partial charge in [0.05, 0.1) is 22.7 Å². The Morgan fingerprint density at radius 2 is 1.84 bits per heavy atom. The van der Waals surface area contributed by atoms with Gasteiger partial charge in [0.2, 0.25) is 0 Å². The van der Waals surface area contributed by atoms with Gasteiger partial charge in [0.25, 0.3) is 5.91 Å². The fourth-order valence-electron chi connectivity index (χ4n) is 1.57. The van der Waals surface area contributed by atoms with Crippen molar-refractivity contribution < 1.29 is 14.3 Å². The molecule has 1 aromatic heterocycles. The Bertz CT molecular complexity index is 795. The Kier molecular flexibility index (Phi) is 8.10. The SMILES string of the molecule is CCC(=O)OC.Cn1ccc(NC(=O)c2c(Cl)cccc2Cl)nc1=O. The number of carbonyl (C=O) groups is 2. The summed E-state index contributed by atoms with van der Waals surface area (Å²) in [5, 5.41) is 2.94. The van der Waals surface area contributed by atoms with Crippen molar-refractivity contribution in [1.82, 2.24) is 9.55 Å². The lowest BCUT2D eigenvalue weighted by Gasteiger charge is -2.07. The highest BCUT2D eigenvalue weighted by Crippen LogP contribution is 2.24. The van der Waals surface area contributed by atoms with Gasteiger partial charge in [-0.15, -0.1) is 0 Å². The largest absolute Gasteiger partial charge is 0.469 e. The Morgan fingerprint density at radius 1 is 1.24 bits per heavy atom. The minimum absolute atomic E-state index is 0.143. The number of amides is 1. The third kappa shape index (κ3) is 6.21. The molecule has 1 N–H and O–H groups in total. The van der Waals surface area contributed by atoms with Gasteiger partial charge in [0.15, 0.2) is 0 Å². The van der Waals surface area contributed by atoms with Gasteiger partial charge >= 0.3 is 11.7 Å². The predicted octanol–water partition coefficient (Wildman–Crippen LogP) is 2.91. The van der Waals surface area contributed by atoms with Gasteiger partial charge in [-0.2, -0.15) is 4.98 Å². The van der Waals surface area contributed by atoms with Crippen LogP contribution in [0.25, 0.3) is 0 Å². The molecular formula is C16H17Cl2N3O4. The number of benzene rings is 1. The molecule has 0 unspecified atom stereocenters. The van der Waals surface area contributed by atoms with E-state index >= 15 is 0 Å². The van der Waals surface area contributed by atoms with Crippen LogP contribution in [0.1, 0.15) is 23.7 Å². The van der Waals surface area contributed by atoms with E-state index < -0.39 is 11.6 Å². The van der Waals surface area contributed by atoms with Crippen LogP contribution in [0.15, 0.2) is 35.3 Å². The normalized spacial score (nSPS) is 9.64. The number of carbonyl (C=O) groups excluding carboxylic acids is 2. The molecule has 7 nitrogen and oxygen atoms in total. The van der Waals surface area contributed by atoms with Crippen molar-refractivity contribution in [3.8, 4) is 0 Å². The third-order valence-corrected chi connectivity index (χ3v) is 3.55. The summed E-state index contributed by atoms with van der Waals surface area (Å²) in [6.07, 6.45) is 1.97. The summed E-state index contributed by atoms with van der Waals surface area (Å²) in [4.78, 5) is 37.0. The van der Waals surface area contributed by atoms with Crippen LogP contribution in [-0.4, -0.2) is 28.5 Å². The summed E-state index contributed by atoms with van der Waals surface area (Å²) in [7, 11) is 2.94. The average Bonchev–Trinajstić information content (AvgIpc) is 2.58. The fraction of sp³-hybridized carbons (Fsp3) is 0.250. The number of nitrogens with one attached hydrogen (secondary N) is 1. The highest BCUT2D eigenvalue weighted by Gasteiger charge is 2.15. The van der Waals surface area contributed by atoms with Gasteiger partial charge in [-0.25, -0.2) is 4.79 Å². The first-order chi connectivity index (χ1) is 11.8. The number of rotatable bonds is 3. The summed E-state index contributed by atoms with van der Waals surface area (Å²) >= 11 is 11.8. The van der Waals surface area contributed by atoms with Crippen LogP contribution in [0.2, 0.25) is 10.0 Å². The number of halogens is 2. The van der Waals surface area contributed by atoms with Gasteiger partial charge in [0.1, 0.15) is 5.82 Å². The summed E-state index contributed by atoms with van der Waals surface area (Å²) in [6, 6.07) is 6.25. The number of aryl methyl sites for hydroxylation is 1. The van der Waals surface area contributed by atoms with E-state index in [0.717, 1.165) is 0 Å². The Hall–Kier alpha value is -2.38. The van der Waals surface area contributed by atoms with E-state index in [1.807, 2.05) is 0 Å². The van der Waals surface area contributed by atoms with Crippen LogP contribution in [0, 0.1) is 0 Å². The molecule has 9 heteroatoms. The molecule has 0 bridgehead atoms. The Balaban J connectivity index is 0.000000450. The Morgan fingerprint density at radius 3 is 2.28 bits per heavy atom. The van der Waals surface area contributed by atoms with E-state index in [1.54, 1.807) is 32.2 Å². The van der Waals surface area contributed by atoms with Crippen LogP contribution in [0.4, 0.5) is 5.82 Å². The van der Waals surface area contributed by atoms with E-state index in [2.05, 4.69) is 15.0 Å². The summed E-state index contributed by atoms with van der Waals surface area (Å²) in [6.45, 7) is 1.76. The molecule has 0 fully saturated rings. The minimum Gasteiger partial charge on any atom is -0.469 e. The van der Waals surface area contributed by atoms with Crippen molar-refractivity contribution in [2.24, 2.45) is 7.05 Å². The molecule has 0 radical (unpaired) electrons. The number of methoxy groups -OCH3 is 1. The molecule has 0 saturated carbocycles. The number of hydrogen-bond donors (Lipinski definition) is 1. The highest BCUT2D eigenvalue weighted by atomic mass is 35.5. The van der Waals surface area contributed by atoms with Crippen molar-refractivity contribution in [2.75, 3.05) is 12.4 Å². The molecule has 0 saturated heterocycles. The molecule has 0 aliphatic carbocycles. The minimum atomic E-state index is -0.517. The average molecular weight is 386 g/mol. The van der Waals surface area contributed by atoms with E-state index in [-0.39, 0.29) is 27.4 Å². The highest BCUT2D eigenvalue weighted by molar-refractivity contribution is 6.40. The maximum Gasteiger partial charge on any atom is 0.349 e. The second-order valence-electron chi connectivity index (χ2n) is 4.69. The molecule has 134 valence electrons. The molecule has 2 rings (SSSR count). The van der Waals surface area contributed by atoms with Crippen molar-refractivity contribution in [1.29, 1.82) is 0 Å². The number of anilines is 1. The number of esters is 1. The van der Waals surface area contributed by atoms with Gasteiger partial charge in [-0.1, -0.05) is 36.2 Å². The molecule has 0 atom stereocenters. The molecule has 1 heterocycles. The van der Waals surface area contributed by atoms with Gasteiger partial charge < -0.3 is 14.6 Å². The first-order valence-electron chi connectivity index (χ1n) is 7.16. The number of aromatic nitrogens is 2. The van der Waals surface area contributed by atoms with Crippen molar-refractivity contribution in [3.05, 3.63) is 56.6 Å². The monoisotopic (exact) mass is 385 g/mol. The van der Waals surface area contributed by atoms with Crippen LogP contribution in [0.5, 0.6) is 0 Å². The lowest BCUT2D eigenvalue weighted by Crippen LogP contribution is -2.22. The van der Waals surface area contributed by atoms with Crippen molar-refractivity contribution in [3.63, 3.8) is 0 Å². The smallest absolute Gasteiger partial charge is 0.349 e. The maximum atomic E-state index is 12.0. The first kappa shape index (κ1) is 20.7. The van der Waals surface area contributed by atoms with Crippen LogP contribution in [-0.2, 0) is 16.6 Å². The van der Waals surface area contributed by atoms with Crippen LogP contribution in [0.3, 0.4) is 0 Å². The second kappa shape index (κ2) is 9.80. The summed E-state index contributed by atoms with van der Waals surface area (Å²) in [5.41, 5.74) is -0.323. The second-order valence-corrected chi connectivity index (χ2v) is 5.50. The number of hydrogen-bond acceptors (Lipinski definition) is 5. The van der Waals surface area contributed by atoms with Crippen LogP contribution < -0.4 is 11.0 Å². The lowest BCUT2D eigenvalue weighted by molar-refractivity contribution is -0.140. The van der Waals surface area contributed by atoms with Crippen molar-refractivity contribution in [2.45, 2.75) is 13.3 Å². The van der Waals surface area contributed by atoms with E-state index in [0.29, 0.717) is 6.42 Å². The predicted molar refractivity (Wildman–Crippen MR) is 96.2 cm³/mol.